The summed E-state index contributed by atoms with van der Waals surface area (Å²) in [6.07, 6.45) is 5.19. The normalized spacial score (nSPS) is 29.0. The fourth-order valence-electron chi connectivity index (χ4n) is 6.09. The predicted octanol–water partition coefficient (Wildman–Crippen LogP) is 7.60. The van der Waals surface area contributed by atoms with Crippen LogP contribution in [0.15, 0.2) is 60.7 Å². The maximum atomic E-state index is 13.0. The third kappa shape index (κ3) is 10.3. The summed E-state index contributed by atoms with van der Waals surface area (Å²) in [5.41, 5.74) is 2.27. The summed E-state index contributed by atoms with van der Waals surface area (Å²) >= 11 is 0. The first-order valence-electron chi connectivity index (χ1n) is 15.3. The molecule has 5 heteroatoms. The number of hydrogen-bond donors (Lipinski definition) is 1. The Kier molecular flexibility index (Phi) is 13.7. The summed E-state index contributed by atoms with van der Waals surface area (Å²) in [6.45, 7) is 10.1. The van der Waals surface area contributed by atoms with Gasteiger partial charge in [0.2, 0.25) is 0 Å². The second-order valence-corrected chi connectivity index (χ2v) is 12.3. The molecule has 0 spiro atoms. The van der Waals surface area contributed by atoms with Crippen molar-refractivity contribution in [2.75, 3.05) is 7.11 Å². The van der Waals surface area contributed by atoms with Gasteiger partial charge in [-0.3, -0.25) is 4.79 Å². The largest absolute Gasteiger partial charge is 0.469 e. The quantitative estimate of drug-likeness (QED) is 0.342. The lowest BCUT2D eigenvalue weighted by molar-refractivity contribution is -0.153. The number of carbonyl (C=O) groups is 1. The molecule has 3 rings (SSSR count). The molecule has 0 aliphatic heterocycles. The molecule has 2 aromatic rings. The fraction of sp³-hybridized carbons (Fsp3) is 0.629. The summed E-state index contributed by atoms with van der Waals surface area (Å²) in [5, 5.41) is 11.2. The molecule has 7 atom stereocenters. The van der Waals surface area contributed by atoms with E-state index in [1.54, 1.807) is 0 Å². The molecule has 1 N–H and O–H groups in total. The molecule has 1 fully saturated rings. The van der Waals surface area contributed by atoms with Crippen LogP contribution in [0.1, 0.15) is 83.8 Å². The first-order chi connectivity index (χ1) is 19.3. The van der Waals surface area contributed by atoms with Gasteiger partial charge in [0, 0.05) is 0 Å². The van der Waals surface area contributed by atoms with Gasteiger partial charge in [-0.15, -0.1) is 0 Å². The lowest BCUT2D eigenvalue weighted by Gasteiger charge is -2.37. The Morgan fingerprint density at radius 1 is 0.825 bits per heavy atom. The molecule has 40 heavy (non-hydrogen) atoms. The van der Waals surface area contributed by atoms with Crippen LogP contribution >= 0.6 is 0 Å². The first kappa shape index (κ1) is 32.3. The third-order valence-electron chi connectivity index (χ3n) is 8.85. The van der Waals surface area contributed by atoms with Gasteiger partial charge in [-0.2, -0.15) is 0 Å². The number of benzene rings is 2. The van der Waals surface area contributed by atoms with Crippen LogP contribution in [0.4, 0.5) is 0 Å². The standard InChI is InChI=1S/C35H52O5/c1-25(2)30-21-33(39-23-28-15-8-6-9-16-28)27(4)14-12-13-26(3)19-20-32(36)31(35(37)38-5)22-34(30)40-24-29-17-10-7-11-18-29/h6-11,15-18,25-27,30-34,36H,12-14,19-24H2,1-5H3/t26-,27+,30-,31?,32?,33?,34-/m1/s1. The molecule has 1 aliphatic rings. The Morgan fingerprint density at radius 3 is 1.95 bits per heavy atom. The zero-order valence-corrected chi connectivity index (χ0v) is 25.3. The van der Waals surface area contributed by atoms with Crippen LogP contribution in [0.25, 0.3) is 0 Å². The number of aliphatic hydroxyl groups excluding tert-OH is 1. The molecule has 2 aromatic carbocycles. The van der Waals surface area contributed by atoms with Crippen LogP contribution in [0.2, 0.25) is 0 Å². The van der Waals surface area contributed by atoms with Gasteiger partial charge in [0.15, 0.2) is 0 Å². The van der Waals surface area contributed by atoms with Gasteiger partial charge in [0.1, 0.15) is 0 Å². The van der Waals surface area contributed by atoms with Crippen molar-refractivity contribution in [2.45, 2.75) is 104 Å². The highest BCUT2D eigenvalue weighted by molar-refractivity contribution is 5.73. The number of esters is 1. The highest BCUT2D eigenvalue weighted by Gasteiger charge is 2.37. The summed E-state index contributed by atoms with van der Waals surface area (Å²) < 4.78 is 18.6. The Morgan fingerprint density at radius 2 is 1.40 bits per heavy atom. The van der Waals surface area contributed by atoms with Gasteiger partial charge < -0.3 is 19.3 Å². The monoisotopic (exact) mass is 552 g/mol. The van der Waals surface area contributed by atoms with E-state index in [4.69, 9.17) is 14.2 Å². The number of rotatable bonds is 8. The van der Waals surface area contributed by atoms with E-state index in [0.717, 1.165) is 37.7 Å². The number of methoxy groups -OCH3 is 1. The molecule has 0 heterocycles. The molecule has 0 bridgehead atoms. The number of carbonyl (C=O) groups excluding carboxylic acids is 1. The SMILES string of the molecule is COC(=O)C1C[C@@H](OCc2ccccc2)[C@@H](C(C)C)CC(OCc2ccccc2)[C@@H](C)CCC[C@@H](C)CCC1O. The van der Waals surface area contributed by atoms with Crippen molar-refractivity contribution in [3.8, 4) is 0 Å². The van der Waals surface area contributed by atoms with Gasteiger partial charge in [-0.25, -0.2) is 0 Å². The molecule has 1 saturated carbocycles. The van der Waals surface area contributed by atoms with Crippen molar-refractivity contribution < 1.29 is 24.1 Å². The summed E-state index contributed by atoms with van der Waals surface area (Å²) in [7, 11) is 1.41. The number of aliphatic hydroxyl groups is 1. The summed E-state index contributed by atoms with van der Waals surface area (Å²) in [4.78, 5) is 13.0. The van der Waals surface area contributed by atoms with Crippen molar-refractivity contribution in [3.63, 3.8) is 0 Å². The van der Waals surface area contributed by atoms with Crippen LogP contribution in [0.5, 0.6) is 0 Å². The molecule has 5 nitrogen and oxygen atoms in total. The van der Waals surface area contributed by atoms with Gasteiger partial charge in [0.05, 0.1) is 44.6 Å². The van der Waals surface area contributed by atoms with E-state index in [9.17, 15) is 9.90 Å². The van der Waals surface area contributed by atoms with Crippen molar-refractivity contribution in [1.82, 2.24) is 0 Å². The van der Waals surface area contributed by atoms with Crippen LogP contribution in [0, 0.1) is 29.6 Å². The third-order valence-corrected chi connectivity index (χ3v) is 8.85. The maximum absolute atomic E-state index is 13.0. The highest BCUT2D eigenvalue weighted by Crippen LogP contribution is 2.35. The van der Waals surface area contributed by atoms with E-state index in [2.05, 4.69) is 64.1 Å². The van der Waals surface area contributed by atoms with E-state index in [-0.39, 0.29) is 24.1 Å². The average Bonchev–Trinajstić information content (AvgIpc) is 2.96. The van der Waals surface area contributed by atoms with Crippen molar-refractivity contribution >= 4 is 5.97 Å². The maximum Gasteiger partial charge on any atom is 0.311 e. The lowest BCUT2D eigenvalue weighted by atomic mass is 9.77. The molecular weight excluding hydrogens is 500 g/mol. The minimum absolute atomic E-state index is 0.0650. The van der Waals surface area contributed by atoms with Gasteiger partial charge in [-0.05, 0) is 66.9 Å². The topological polar surface area (TPSA) is 65.0 Å². The first-order valence-corrected chi connectivity index (χ1v) is 15.3. The van der Waals surface area contributed by atoms with E-state index >= 15 is 0 Å². The average molecular weight is 553 g/mol. The summed E-state index contributed by atoms with van der Waals surface area (Å²) in [6, 6.07) is 20.5. The van der Waals surface area contributed by atoms with Crippen molar-refractivity contribution in [1.29, 1.82) is 0 Å². The van der Waals surface area contributed by atoms with Gasteiger partial charge >= 0.3 is 5.97 Å². The Labute approximate surface area is 242 Å². The van der Waals surface area contributed by atoms with E-state index in [1.165, 1.54) is 12.7 Å². The second kappa shape index (κ2) is 16.9. The number of hydrogen-bond acceptors (Lipinski definition) is 5. The number of ether oxygens (including phenoxy) is 3. The molecule has 3 unspecified atom stereocenters. The zero-order valence-electron chi connectivity index (χ0n) is 25.3. The smallest absolute Gasteiger partial charge is 0.311 e. The van der Waals surface area contributed by atoms with Crippen LogP contribution in [0.3, 0.4) is 0 Å². The van der Waals surface area contributed by atoms with Crippen molar-refractivity contribution in [2.24, 2.45) is 29.6 Å². The van der Waals surface area contributed by atoms with Crippen LogP contribution in [-0.2, 0) is 32.2 Å². The lowest BCUT2D eigenvalue weighted by Crippen LogP contribution is -2.40. The van der Waals surface area contributed by atoms with Crippen molar-refractivity contribution in [3.05, 3.63) is 71.8 Å². The molecule has 0 radical (unpaired) electrons. The Bertz CT molecular complexity index is 962. The Hall–Kier alpha value is -2.21. The van der Waals surface area contributed by atoms with Gasteiger partial charge in [0.25, 0.3) is 0 Å². The Balaban J connectivity index is 1.92. The van der Waals surface area contributed by atoms with Crippen LogP contribution in [-0.4, -0.2) is 36.5 Å². The van der Waals surface area contributed by atoms with E-state index in [0.29, 0.717) is 43.8 Å². The highest BCUT2D eigenvalue weighted by atomic mass is 16.5. The van der Waals surface area contributed by atoms with E-state index < -0.39 is 12.0 Å². The van der Waals surface area contributed by atoms with Crippen LogP contribution < -0.4 is 0 Å². The summed E-state index contributed by atoms with van der Waals surface area (Å²) in [5.74, 6) is 0.362. The molecule has 0 amide bonds. The fourth-order valence-corrected chi connectivity index (χ4v) is 6.09. The molecular formula is C35H52O5. The molecule has 0 saturated heterocycles. The second-order valence-electron chi connectivity index (χ2n) is 12.3. The minimum atomic E-state index is -0.752. The van der Waals surface area contributed by atoms with Gasteiger partial charge in [-0.1, -0.05) is 101 Å². The predicted molar refractivity (Wildman–Crippen MR) is 161 cm³/mol. The zero-order chi connectivity index (χ0) is 28.9. The minimum Gasteiger partial charge on any atom is -0.469 e. The molecule has 222 valence electrons. The van der Waals surface area contributed by atoms with E-state index in [1.807, 2.05) is 24.3 Å². The molecule has 0 aromatic heterocycles. The molecule has 1 aliphatic carbocycles.